The highest BCUT2D eigenvalue weighted by molar-refractivity contribution is 7.92. The lowest BCUT2D eigenvalue weighted by Gasteiger charge is -2.38. The van der Waals surface area contributed by atoms with Gasteiger partial charge in [0.2, 0.25) is 10.0 Å². The van der Waals surface area contributed by atoms with Gasteiger partial charge in [-0.2, -0.15) is 0 Å². The zero-order valence-corrected chi connectivity index (χ0v) is 17.7. The lowest BCUT2D eigenvalue weighted by atomic mass is 10.0. The lowest BCUT2D eigenvalue weighted by Crippen LogP contribution is -2.50. The molecule has 0 aromatic heterocycles. The first-order chi connectivity index (χ1) is 12.2. The molecule has 0 aliphatic heterocycles. The summed E-state index contributed by atoms with van der Waals surface area (Å²) in [6.07, 6.45) is 6.17. The predicted molar refractivity (Wildman–Crippen MR) is 110 cm³/mol. The Morgan fingerprint density at radius 1 is 1.00 bits per heavy atom. The molecular formula is C20H37N2O3S+. The fourth-order valence-corrected chi connectivity index (χ4v) is 3.91. The van der Waals surface area contributed by atoms with Crippen molar-refractivity contribution in [1.29, 1.82) is 0 Å². The van der Waals surface area contributed by atoms with Gasteiger partial charge < -0.3 is 9.59 Å². The van der Waals surface area contributed by atoms with E-state index < -0.39 is 16.1 Å². The van der Waals surface area contributed by atoms with Gasteiger partial charge in [0.25, 0.3) is 0 Å². The van der Waals surface area contributed by atoms with E-state index in [-0.39, 0.29) is 0 Å². The largest absolute Gasteiger partial charge is 0.388 e. The van der Waals surface area contributed by atoms with Crippen molar-refractivity contribution in [1.82, 2.24) is 0 Å². The SMILES string of the molecule is CCCC[N+](CC)(CCCC)CCC(O)c1ccc(NS(C)(=O)=O)cc1. The van der Waals surface area contributed by atoms with E-state index in [9.17, 15) is 13.5 Å². The fourth-order valence-electron chi connectivity index (χ4n) is 3.35. The van der Waals surface area contributed by atoms with Crippen molar-refractivity contribution in [3.8, 4) is 0 Å². The average molecular weight is 386 g/mol. The number of hydrogen-bond donors (Lipinski definition) is 2. The van der Waals surface area contributed by atoms with Crippen molar-refractivity contribution in [3.05, 3.63) is 29.8 Å². The minimum absolute atomic E-state index is 0.519. The lowest BCUT2D eigenvalue weighted by molar-refractivity contribution is -0.927. The maximum Gasteiger partial charge on any atom is 0.229 e. The van der Waals surface area contributed by atoms with Crippen molar-refractivity contribution in [2.75, 3.05) is 37.2 Å². The number of rotatable bonds is 13. The van der Waals surface area contributed by atoms with Gasteiger partial charge in [0.1, 0.15) is 0 Å². The standard InChI is InChI=1S/C20H37N2O3S/c1-5-8-15-22(7-3,16-9-6-2)17-14-20(23)18-10-12-19(13-11-18)21-26(4,24)25/h10-13,20-21,23H,5-9,14-17H2,1-4H3/q+1. The fraction of sp³-hybridized carbons (Fsp3) is 0.700. The van der Waals surface area contributed by atoms with Gasteiger partial charge in [-0.1, -0.05) is 38.8 Å². The van der Waals surface area contributed by atoms with Crippen LogP contribution in [0.3, 0.4) is 0 Å². The molecule has 0 aliphatic rings. The second-order valence-electron chi connectivity index (χ2n) is 7.34. The Bertz CT molecular complexity index is 606. The topological polar surface area (TPSA) is 66.4 Å². The number of nitrogens with zero attached hydrogens (tertiary/aromatic N) is 1. The molecule has 1 unspecified atom stereocenters. The van der Waals surface area contributed by atoms with Crippen molar-refractivity contribution in [3.63, 3.8) is 0 Å². The first kappa shape index (κ1) is 22.9. The van der Waals surface area contributed by atoms with Crippen LogP contribution in [0.1, 0.15) is 64.5 Å². The Morgan fingerprint density at radius 2 is 1.54 bits per heavy atom. The smallest absolute Gasteiger partial charge is 0.229 e. The number of anilines is 1. The maximum absolute atomic E-state index is 11.3. The zero-order chi connectivity index (χ0) is 19.6. The van der Waals surface area contributed by atoms with Gasteiger partial charge in [-0.05, 0) is 37.5 Å². The Balaban J connectivity index is 2.72. The summed E-state index contributed by atoms with van der Waals surface area (Å²) < 4.78 is 26.1. The van der Waals surface area contributed by atoms with E-state index in [0.29, 0.717) is 5.69 Å². The van der Waals surface area contributed by atoms with E-state index in [1.807, 2.05) is 0 Å². The van der Waals surface area contributed by atoms with Crippen LogP contribution in [0.4, 0.5) is 5.69 Å². The average Bonchev–Trinajstić information content (AvgIpc) is 2.60. The van der Waals surface area contributed by atoms with Crippen LogP contribution in [0, 0.1) is 0 Å². The van der Waals surface area contributed by atoms with Crippen molar-refractivity contribution >= 4 is 15.7 Å². The summed E-state index contributed by atoms with van der Waals surface area (Å²) in [5.41, 5.74) is 1.36. The van der Waals surface area contributed by atoms with E-state index in [4.69, 9.17) is 0 Å². The molecule has 1 rings (SSSR count). The van der Waals surface area contributed by atoms with Crippen LogP contribution in [-0.2, 0) is 10.0 Å². The first-order valence-corrected chi connectivity index (χ1v) is 11.7. The molecule has 5 nitrogen and oxygen atoms in total. The number of quaternary nitrogens is 1. The second-order valence-corrected chi connectivity index (χ2v) is 9.08. The van der Waals surface area contributed by atoms with Crippen molar-refractivity contribution in [2.45, 2.75) is 59.0 Å². The third-order valence-corrected chi connectivity index (χ3v) is 5.72. The first-order valence-electron chi connectivity index (χ1n) is 9.86. The van der Waals surface area contributed by atoms with Gasteiger partial charge in [0.15, 0.2) is 0 Å². The number of unbranched alkanes of at least 4 members (excludes halogenated alkanes) is 2. The molecule has 1 aromatic carbocycles. The Morgan fingerprint density at radius 3 is 1.96 bits per heavy atom. The quantitative estimate of drug-likeness (QED) is 0.506. The van der Waals surface area contributed by atoms with Gasteiger partial charge in [-0.15, -0.1) is 0 Å². The zero-order valence-electron chi connectivity index (χ0n) is 16.9. The molecule has 0 amide bonds. The van der Waals surface area contributed by atoms with E-state index in [2.05, 4.69) is 25.5 Å². The van der Waals surface area contributed by atoms with Crippen LogP contribution in [0.25, 0.3) is 0 Å². The summed E-state index contributed by atoms with van der Waals surface area (Å²) >= 11 is 0. The van der Waals surface area contributed by atoms with Crippen LogP contribution in [0.2, 0.25) is 0 Å². The van der Waals surface area contributed by atoms with Crippen molar-refractivity contribution < 1.29 is 18.0 Å². The molecule has 2 N–H and O–H groups in total. The highest BCUT2D eigenvalue weighted by atomic mass is 32.2. The number of aliphatic hydroxyl groups excluding tert-OH is 1. The molecule has 1 atom stereocenters. The van der Waals surface area contributed by atoms with Crippen molar-refractivity contribution in [2.24, 2.45) is 0 Å². The van der Waals surface area contributed by atoms with Crippen LogP contribution in [0.15, 0.2) is 24.3 Å². The summed E-state index contributed by atoms with van der Waals surface area (Å²) in [4.78, 5) is 0. The highest BCUT2D eigenvalue weighted by Gasteiger charge is 2.25. The Kier molecular flexibility index (Phi) is 9.61. The number of aliphatic hydroxyl groups is 1. The van der Waals surface area contributed by atoms with E-state index in [0.717, 1.165) is 35.8 Å². The van der Waals surface area contributed by atoms with Gasteiger partial charge in [-0.25, -0.2) is 8.42 Å². The summed E-state index contributed by atoms with van der Waals surface area (Å²) in [5, 5.41) is 10.6. The number of sulfonamides is 1. The molecule has 0 fully saturated rings. The molecule has 0 aliphatic carbocycles. The summed E-state index contributed by atoms with van der Waals surface area (Å²) in [7, 11) is -3.28. The monoisotopic (exact) mass is 385 g/mol. The summed E-state index contributed by atoms with van der Waals surface area (Å²) in [6.45, 7) is 11.1. The molecule has 26 heavy (non-hydrogen) atoms. The Hall–Kier alpha value is -1.11. The molecule has 0 bridgehead atoms. The predicted octanol–water partition coefficient (Wildman–Crippen LogP) is 3.92. The molecule has 0 saturated heterocycles. The molecular weight excluding hydrogens is 348 g/mol. The molecule has 6 heteroatoms. The molecule has 0 spiro atoms. The molecule has 0 heterocycles. The number of nitrogens with one attached hydrogen (secondary N) is 1. The molecule has 150 valence electrons. The highest BCUT2D eigenvalue weighted by Crippen LogP contribution is 2.23. The summed E-state index contributed by atoms with van der Waals surface area (Å²) in [6, 6.07) is 7.01. The van der Waals surface area contributed by atoms with E-state index in [1.165, 1.54) is 38.8 Å². The van der Waals surface area contributed by atoms with E-state index in [1.54, 1.807) is 24.3 Å². The normalized spacial score (nSPS) is 13.6. The molecule has 0 saturated carbocycles. The van der Waals surface area contributed by atoms with Gasteiger partial charge in [-0.3, -0.25) is 4.72 Å². The number of hydrogen-bond acceptors (Lipinski definition) is 3. The minimum Gasteiger partial charge on any atom is -0.388 e. The van der Waals surface area contributed by atoms with Gasteiger partial charge in [0, 0.05) is 12.1 Å². The van der Waals surface area contributed by atoms with E-state index >= 15 is 0 Å². The Labute approximate surface area is 160 Å². The van der Waals surface area contributed by atoms with Gasteiger partial charge >= 0.3 is 0 Å². The van der Waals surface area contributed by atoms with Crippen LogP contribution in [-0.4, -0.2) is 50.4 Å². The minimum atomic E-state index is -3.28. The maximum atomic E-state index is 11.3. The third kappa shape index (κ3) is 8.06. The van der Waals surface area contributed by atoms with Gasteiger partial charge in [0.05, 0.1) is 38.5 Å². The second kappa shape index (κ2) is 10.9. The number of benzene rings is 1. The third-order valence-electron chi connectivity index (χ3n) is 5.12. The molecule has 0 radical (unpaired) electrons. The van der Waals surface area contributed by atoms with Crippen LogP contribution >= 0.6 is 0 Å². The summed E-state index contributed by atoms with van der Waals surface area (Å²) in [5.74, 6) is 0. The molecule has 1 aromatic rings. The van der Waals surface area contributed by atoms with Crippen LogP contribution < -0.4 is 4.72 Å². The van der Waals surface area contributed by atoms with Crippen LogP contribution in [0.5, 0.6) is 0 Å².